The van der Waals surface area contributed by atoms with E-state index in [1.807, 2.05) is 66.7 Å². The number of nitriles is 1. The predicted molar refractivity (Wildman–Crippen MR) is 98.5 cm³/mol. The molecule has 0 saturated heterocycles. The second-order valence-electron chi connectivity index (χ2n) is 5.82. The molecule has 0 aliphatic heterocycles. The molecule has 3 rings (SSSR count). The van der Waals surface area contributed by atoms with Crippen LogP contribution in [-0.2, 0) is 6.42 Å². The molecule has 0 heterocycles. The second kappa shape index (κ2) is 7.99. The fourth-order valence-corrected chi connectivity index (χ4v) is 2.90. The van der Waals surface area contributed by atoms with Gasteiger partial charge in [0.05, 0.1) is 18.0 Å². The van der Waals surface area contributed by atoms with Gasteiger partial charge >= 0.3 is 0 Å². The van der Waals surface area contributed by atoms with Crippen LogP contribution in [0.15, 0.2) is 91.0 Å². The Morgan fingerprint density at radius 2 is 1.29 bits per heavy atom. The minimum Gasteiger partial charge on any atom is -0.377 e. The van der Waals surface area contributed by atoms with Gasteiger partial charge in [0.15, 0.2) is 0 Å². The predicted octanol–water partition coefficient (Wildman–Crippen LogP) is 5.22. The SMILES string of the molecule is N#CC(Cc1ccccc1)C(Nc1ccccc1)c1ccccc1. The van der Waals surface area contributed by atoms with E-state index in [0.717, 1.165) is 17.7 Å². The summed E-state index contributed by atoms with van der Waals surface area (Å²) in [6, 6.07) is 32.9. The van der Waals surface area contributed by atoms with E-state index in [0.29, 0.717) is 0 Å². The molecule has 0 aliphatic rings. The molecular formula is C22H20N2. The van der Waals surface area contributed by atoms with Gasteiger partial charge in [-0.1, -0.05) is 78.9 Å². The number of para-hydroxylation sites is 1. The normalized spacial score (nSPS) is 12.8. The number of rotatable bonds is 6. The van der Waals surface area contributed by atoms with E-state index in [9.17, 15) is 5.26 Å². The number of anilines is 1. The highest BCUT2D eigenvalue weighted by molar-refractivity contribution is 5.46. The average Bonchev–Trinajstić information content (AvgIpc) is 2.67. The first-order chi connectivity index (χ1) is 11.9. The fourth-order valence-electron chi connectivity index (χ4n) is 2.90. The Morgan fingerprint density at radius 1 is 0.750 bits per heavy atom. The smallest absolute Gasteiger partial charge is 0.0746 e. The first-order valence-corrected chi connectivity index (χ1v) is 8.17. The van der Waals surface area contributed by atoms with Gasteiger partial charge in [0.25, 0.3) is 0 Å². The summed E-state index contributed by atoms with van der Waals surface area (Å²) in [5, 5.41) is 13.4. The van der Waals surface area contributed by atoms with Gasteiger partial charge in [-0.3, -0.25) is 0 Å². The molecule has 0 spiro atoms. The zero-order chi connectivity index (χ0) is 16.6. The molecule has 2 nitrogen and oxygen atoms in total. The molecule has 2 atom stereocenters. The van der Waals surface area contributed by atoms with Crippen LogP contribution in [0.3, 0.4) is 0 Å². The topological polar surface area (TPSA) is 35.8 Å². The molecule has 2 unspecified atom stereocenters. The number of hydrogen-bond donors (Lipinski definition) is 1. The van der Waals surface area contributed by atoms with Crippen molar-refractivity contribution in [3.05, 3.63) is 102 Å². The quantitative estimate of drug-likeness (QED) is 0.677. The van der Waals surface area contributed by atoms with E-state index in [2.05, 4.69) is 35.7 Å². The van der Waals surface area contributed by atoms with Gasteiger partial charge < -0.3 is 5.32 Å². The summed E-state index contributed by atoms with van der Waals surface area (Å²) >= 11 is 0. The van der Waals surface area contributed by atoms with E-state index in [4.69, 9.17) is 0 Å². The van der Waals surface area contributed by atoms with E-state index >= 15 is 0 Å². The molecule has 118 valence electrons. The Bertz CT molecular complexity index is 776. The van der Waals surface area contributed by atoms with Crippen LogP contribution in [0, 0.1) is 17.2 Å². The van der Waals surface area contributed by atoms with Gasteiger partial charge in [0.2, 0.25) is 0 Å². The molecule has 0 aromatic heterocycles. The Kier molecular flexibility index (Phi) is 5.27. The van der Waals surface area contributed by atoms with Gasteiger partial charge in [0.1, 0.15) is 0 Å². The number of hydrogen-bond acceptors (Lipinski definition) is 2. The van der Waals surface area contributed by atoms with Crippen LogP contribution in [-0.4, -0.2) is 0 Å². The first-order valence-electron chi connectivity index (χ1n) is 8.17. The molecule has 0 amide bonds. The van der Waals surface area contributed by atoms with E-state index in [-0.39, 0.29) is 12.0 Å². The Morgan fingerprint density at radius 3 is 1.88 bits per heavy atom. The molecule has 0 fully saturated rings. The molecular weight excluding hydrogens is 292 g/mol. The van der Waals surface area contributed by atoms with Crippen molar-refractivity contribution >= 4 is 5.69 Å². The van der Waals surface area contributed by atoms with Crippen LogP contribution < -0.4 is 5.32 Å². The fraction of sp³-hybridized carbons (Fsp3) is 0.136. The summed E-state index contributed by atoms with van der Waals surface area (Å²) in [7, 11) is 0. The number of nitrogens with one attached hydrogen (secondary N) is 1. The lowest BCUT2D eigenvalue weighted by Gasteiger charge is -2.25. The van der Waals surface area contributed by atoms with E-state index in [1.54, 1.807) is 0 Å². The second-order valence-corrected chi connectivity index (χ2v) is 5.82. The van der Waals surface area contributed by atoms with Crippen molar-refractivity contribution in [1.82, 2.24) is 0 Å². The van der Waals surface area contributed by atoms with Crippen LogP contribution in [0.4, 0.5) is 5.69 Å². The lowest BCUT2D eigenvalue weighted by molar-refractivity contribution is 0.562. The largest absolute Gasteiger partial charge is 0.377 e. The van der Waals surface area contributed by atoms with Crippen molar-refractivity contribution in [3.8, 4) is 6.07 Å². The van der Waals surface area contributed by atoms with Crippen molar-refractivity contribution < 1.29 is 0 Å². The molecule has 3 aromatic rings. The number of benzene rings is 3. The van der Waals surface area contributed by atoms with Crippen LogP contribution in [0.25, 0.3) is 0 Å². The van der Waals surface area contributed by atoms with Crippen LogP contribution in [0.5, 0.6) is 0 Å². The zero-order valence-electron chi connectivity index (χ0n) is 13.5. The van der Waals surface area contributed by atoms with Crippen molar-refractivity contribution in [2.45, 2.75) is 12.5 Å². The summed E-state index contributed by atoms with van der Waals surface area (Å²) in [5.74, 6) is -0.157. The van der Waals surface area contributed by atoms with Gasteiger partial charge in [-0.25, -0.2) is 0 Å². The Labute approximate surface area is 143 Å². The van der Waals surface area contributed by atoms with E-state index < -0.39 is 0 Å². The third-order valence-corrected chi connectivity index (χ3v) is 4.12. The van der Waals surface area contributed by atoms with Crippen molar-refractivity contribution in [1.29, 1.82) is 5.26 Å². The molecule has 24 heavy (non-hydrogen) atoms. The molecule has 0 radical (unpaired) electrons. The molecule has 0 bridgehead atoms. The van der Waals surface area contributed by atoms with Crippen LogP contribution in [0.1, 0.15) is 17.2 Å². The zero-order valence-corrected chi connectivity index (χ0v) is 13.5. The molecule has 0 saturated carbocycles. The highest BCUT2D eigenvalue weighted by Gasteiger charge is 2.23. The summed E-state index contributed by atoms with van der Waals surface area (Å²) in [4.78, 5) is 0. The Hall–Kier alpha value is -3.05. The molecule has 1 N–H and O–H groups in total. The highest BCUT2D eigenvalue weighted by Crippen LogP contribution is 2.29. The molecule has 2 heteroatoms. The van der Waals surface area contributed by atoms with Gasteiger partial charge in [0, 0.05) is 5.69 Å². The first kappa shape index (κ1) is 15.8. The van der Waals surface area contributed by atoms with Crippen molar-refractivity contribution in [2.75, 3.05) is 5.32 Å². The Balaban J connectivity index is 1.89. The van der Waals surface area contributed by atoms with E-state index in [1.165, 1.54) is 5.56 Å². The van der Waals surface area contributed by atoms with Gasteiger partial charge in [-0.15, -0.1) is 0 Å². The maximum atomic E-state index is 9.81. The minimum atomic E-state index is -0.157. The highest BCUT2D eigenvalue weighted by atomic mass is 14.9. The maximum absolute atomic E-state index is 9.81. The van der Waals surface area contributed by atoms with Crippen LogP contribution in [0.2, 0.25) is 0 Å². The minimum absolute atomic E-state index is 0.0567. The lowest BCUT2D eigenvalue weighted by atomic mass is 9.88. The average molecular weight is 312 g/mol. The summed E-state index contributed by atoms with van der Waals surface area (Å²) in [6.07, 6.45) is 0.719. The maximum Gasteiger partial charge on any atom is 0.0746 e. The third kappa shape index (κ3) is 4.02. The third-order valence-electron chi connectivity index (χ3n) is 4.12. The summed E-state index contributed by atoms with van der Waals surface area (Å²) < 4.78 is 0. The lowest BCUT2D eigenvalue weighted by Crippen LogP contribution is -2.22. The van der Waals surface area contributed by atoms with Gasteiger partial charge in [-0.2, -0.15) is 5.26 Å². The monoisotopic (exact) mass is 312 g/mol. The standard InChI is InChI=1S/C22H20N2/c23-17-20(16-18-10-4-1-5-11-18)22(19-12-6-2-7-13-19)24-21-14-8-3-9-15-21/h1-15,20,22,24H,16H2. The van der Waals surface area contributed by atoms with Gasteiger partial charge in [-0.05, 0) is 29.7 Å². The van der Waals surface area contributed by atoms with Crippen molar-refractivity contribution in [2.24, 2.45) is 5.92 Å². The molecule has 3 aromatic carbocycles. The molecule has 0 aliphatic carbocycles. The summed E-state index contributed by atoms with van der Waals surface area (Å²) in [5.41, 5.74) is 3.34. The summed E-state index contributed by atoms with van der Waals surface area (Å²) in [6.45, 7) is 0. The van der Waals surface area contributed by atoms with Crippen molar-refractivity contribution in [3.63, 3.8) is 0 Å². The van der Waals surface area contributed by atoms with Crippen LogP contribution >= 0.6 is 0 Å². The number of nitrogens with zero attached hydrogens (tertiary/aromatic N) is 1.